The Morgan fingerprint density at radius 3 is 1.25 bits per heavy atom. The van der Waals surface area contributed by atoms with Crippen molar-refractivity contribution in [1.29, 1.82) is 0 Å². The Bertz CT molecular complexity index is 4200. The zero-order valence-electron chi connectivity index (χ0n) is 41.9. The monoisotopic (exact) mass is 965 g/mol. The fraction of sp³-hybridized carbons (Fsp3) is 0.0133. The smallest absolute Gasteiger partial charge is 0.0714 e. The van der Waals surface area contributed by atoms with E-state index in [0.717, 1.165) is 22.6 Å². The van der Waals surface area contributed by atoms with Crippen LogP contribution >= 0.6 is 0 Å². The summed E-state index contributed by atoms with van der Waals surface area (Å²) < 4.78 is 0. The SMILES string of the molecule is c1ccc(-c2ccc(-c3ccccc3)c(-c3ccc(N(c4ccc5c(c4)C(c4ccccc4)(c4ccccc4)c4ccccc4-5)c4c(-c5ccccc5-c5ccccc5)c5ccccc5c5ccccc45)cc3)c2)cc1. The highest BCUT2D eigenvalue weighted by molar-refractivity contribution is 6.23. The molecule has 0 atom stereocenters. The highest BCUT2D eigenvalue weighted by atomic mass is 15.1. The molecule has 0 aromatic heterocycles. The summed E-state index contributed by atoms with van der Waals surface area (Å²) in [6.45, 7) is 0. The molecule has 76 heavy (non-hydrogen) atoms. The van der Waals surface area contributed by atoms with Gasteiger partial charge < -0.3 is 4.90 Å². The van der Waals surface area contributed by atoms with Crippen LogP contribution in [0.4, 0.5) is 17.1 Å². The van der Waals surface area contributed by atoms with Crippen LogP contribution in [0, 0.1) is 0 Å². The number of hydrogen-bond donors (Lipinski definition) is 0. The molecule has 13 aromatic rings. The lowest BCUT2D eigenvalue weighted by atomic mass is 9.67. The number of rotatable bonds is 10. The highest BCUT2D eigenvalue weighted by Gasteiger charge is 2.46. The van der Waals surface area contributed by atoms with Gasteiger partial charge in [0.25, 0.3) is 0 Å². The second-order valence-corrected chi connectivity index (χ2v) is 19.9. The van der Waals surface area contributed by atoms with Crippen molar-refractivity contribution in [1.82, 2.24) is 0 Å². The van der Waals surface area contributed by atoms with E-state index in [1.54, 1.807) is 0 Å². The lowest BCUT2D eigenvalue weighted by Gasteiger charge is -2.35. The van der Waals surface area contributed by atoms with Gasteiger partial charge in [0.05, 0.1) is 11.1 Å². The fourth-order valence-electron chi connectivity index (χ4n) is 12.4. The standard InChI is InChI=1S/C75H51N/c1-6-24-52(25-7-1)56-44-48-62(54-28-10-3-11-29-54)70(50-56)55-42-45-59(46-43-55)76(60-47-49-66-65-37-22-23-41-71(65)75(72(66)51-60,57-30-12-4-13-31-57)58-32-14-5-15-33-58)74-69-40-21-18-36-64(69)63-35-17-20-39-68(63)73(74)67-38-19-16-34-61(67)53-26-8-2-9-27-53/h1-51H. The van der Waals surface area contributed by atoms with Crippen LogP contribution in [0.3, 0.4) is 0 Å². The average Bonchev–Trinajstić information content (AvgIpc) is 3.90. The zero-order chi connectivity index (χ0) is 50.4. The maximum atomic E-state index is 2.57. The lowest BCUT2D eigenvalue weighted by molar-refractivity contribution is 0.768. The van der Waals surface area contributed by atoms with Gasteiger partial charge in [0, 0.05) is 22.3 Å². The first-order valence-corrected chi connectivity index (χ1v) is 26.3. The molecule has 13 aromatic carbocycles. The Labute approximate surface area is 444 Å². The summed E-state index contributed by atoms with van der Waals surface area (Å²) in [5.74, 6) is 0. The third kappa shape index (κ3) is 7.39. The number of nitrogens with zero attached hydrogens (tertiary/aromatic N) is 1. The number of anilines is 3. The van der Waals surface area contributed by atoms with Crippen molar-refractivity contribution in [3.8, 4) is 66.8 Å². The van der Waals surface area contributed by atoms with Crippen LogP contribution in [0.15, 0.2) is 309 Å². The van der Waals surface area contributed by atoms with E-state index in [4.69, 9.17) is 0 Å². The number of hydrogen-bond acceptors (Lipinski definition) is 1. The molecule has 0 unspecified atom stereocenters. The van der Waals surface area contributed by atoms with Gasteiger partial charge in [0.15, 0.2) is 0 Å². The Morgan fingerprint density at radius 1 is 0.224 bits per heavy atom. The van der Waals surface area contributed by atoms with E-state index in [9.17, 15) is 0 Å². The Morgan fingerprint density at radius 2 is 0.632 bits per heavy atom. The van der Waals surface area contributed by atoms with E-state index in [1.807, 2.05) is 0 Å². The van der Waals surface area contributed by atoms with Gasteiger partial charge in [-0.2, -0.15) is 0 Å². The third-order valence-corrected chi connectivity index (χ3v) is 15.8. The molecule has 0 fully saturated rings. The third-order valence-electron chi connectivity index (χ3n) is 15.8. The van der Waals surface area contributed by atoms with E-state index < -0.39 is 5.41 Å². The Balaban J connectivity index is 1.08. The minimum atomic E-state index is -0.591. The molecule has 0 saturated heterocycles. The maximum Gasteiger partial charge on any atom is 0.0714 e. The van der Waals surface area contributed by atoms with Crippen LogP contribution in [0.5, 0.6) is 0 Å². The predicted molar refractivity (Wildman–Crippen MR) is 321 cm³/mol. The highest BCUT2D eigenvalue weighted by Crippen LogP contribution is 2.58. The van der Waals surface area contributed by atoms with Crippen molar-refractivity contribution < 1.29 is 0 Å². The first kappa shape index (κ1) is 44.8. The van der Waals surface area contributed by atoms with Crippen molar-refractivity contribution >= 4 is 38.6 Å². The zero-order valence-corrected chi connectivity index (χ0v) is 41.9. The molecule has 0 heterocycles. The van der Waals surface area contributed by atoms with Crippen molar-refractivity contribution in [2.75, 3.05) is 4.90 Å². The van der Waals surface area contributed by atoms with Gasteiger partial charge >= 0.3 is 0 Å². The molecule has 0 amide bonds. The second kappa shape index (κ2) is 18.9. The van der Waals surface area contributed by atoms with E-state index in [1.165, 1.54) is 105 Å². The summed E-state index contributed by atoms with van der Waals surface area (Å²) in [6, 6.07) is 114. The summed E-state index contributed by atoms with van der Waals surface area (Å²) in [6.07, 6.45) is 0. The number of fused-ring (bicyclic) bond motifs is 6. The van der Waals surface area contributed by atoms with Crippen molar-refractivity contribution in [3.63, 3.8) is 0 Å². The van der Waals surface area contributed by atoms with Gasteiger partial charge in [-0.3, -0.25) is 0 Å². The molecular formula is C75H51N. The quantitative estimate of drug-likeness (QED) is 0.123. The van der Waals surface area contributed by atoms with Crippen LogP contribution in [0.1, 0.15) is 22.3 Å². The molecule has 0 saturated carbocycles. The van der Waals surface area contributed by atoms with Crippen molar-refractivity contribution in [2.45, 2.75) is 5.41 Å². The molecular weight excluding hydrogens is 915 g/mol. The average molecular weight is 966 g/mol. The van der Waals surface area contributed by atoms with E-state index in [2.05, 4.69) is 314 Å². The molecule has 1 aliphatic rings. The van der Waals surface area contributed by atoms with Crippen LogP contribution in [0.25, 0.3) is 88.3 Å². The molecule has 0 aliphatic heterocycles. The Hall–Kier alpha value is -9.82. The van der Waals surface area contributed by atoms with Crippen molar-refractivity contribution in [2.24, 2.45) is 0 Å². The second-order valence-electron chi connectivity index (χ2n) is 19.9. The summed E-state index contributed by atoms with van der Waals surface area (Å²) in [4.78, 5) is 2.57. The molecule has 1 aliphatic carbocycles. The van der Waals surface area contributed by atoms with Crippen LogP contribution < -0.4 is 4.90 Å². The Kier molecular flexibility index (Phi) is 11.2. The summed E-state index contributed by atoms with van der Waals surface area (Å²) in [5, 5.41) is 4.80. The van der Waals surface area contributed by atoms with Gasteiger partial charge in [-0.05, 0) is 130 Å². The largest absolute Gasteiger partial charge is 0.309 e. The molecule has 1 nitrogen and oxygen atoms in total. The lowest BCUT2D eigenvalue weighted by Crippen LogP contribution is -2.28. The molecule has 0 bridgehead atoms. The normalized spacial score (nSPS) is 12.3. The topological polar surface area (TPSA) is 3.24 Å². The minimum Gasteiger partial charge on any atom is -0.309 e. The fourth-order valence-corrected chi connectivity index (χ4v) is 12.4. The molecule has 14 rings (SSSR count). The summed E-state index contributed by atoms with van der Waals surface area (Å²) >= 11 is 0. The predicted octanol–water partition coefficient (Wildman–Crippen LogP) is 20.2. The van der Waals surface area contributed by atoms with E-state index in [0.29, 0.717) is 0 Å². The van der Waals surface area contributed by atoms with E-state index >= 15 is 0 Å². The van der Waals surface area contributed by atoms with Crippen LogP contribution in [-0.2, 0) is 5.41 Å². The van der Waals surface area contributed by atoms with Gasteiger partial charge in [-0.25, -0.2) is 0 Å². The number of benzene rings is 13. The van der Waals surface area contributed by atoms with Gasteiger partial charge in [0.2, 0.25) is 0 Å². The van der Waals surface area contributed by atoms with Crippen LogP contribution in [-0.4, -0.2) is 0 Å². The minimum absolute atomic E-state index is 0.591. The van der Waals surface area contributed by atoms with Gasteiger partial charge in [-0.15, -0.1) is 0 Å². The molecule has 1 heteroatoms. The van der Waals surface area contributed by atoms with Crippen molar-refractivity contribution in [3.05, 3.63) is 332 Å². The van der Waals surface area contributed by atoms with Crippen LogP contribution in [0.2, 0.25) is 0 Å². The first-order chi connectivity index (χ1) is 37.7. The first-order valence-electron chi connectivity index (χ1n) is 26.3. The molecule has 0 spiro atoms. The summed E-state index contributed by atoms with van der Waals surface area (Å²) in [5.41, 5.74) is 22.0. The maximum absolute atomic E-state index is 2.57. The van der Waals surface area contributed by atoms with Gasteiger partial charge in [-0.1, -0.05) is 279 Å². The van der Waals surface area contributed by atoms with E-state index in [-0.39, 0.29) is 0 Å². The molecule has 0 N–H and O–H groups in total. The summed E-state index contributed by atoms with van der Waals surface area (Å²) in [7, 11) is 0. The molecule has 0 radical (unpaired) electrons. The molecule has 356 valence electrons. The van der Waals surface area contributed by atoms with Gasteiger partial charge in [0.1, 0.15) is 0 Å².